The van der Waals surface area contributed by atoms with E-state index in [-0.39, 0.29) is 6.04 Å². The third kappa shape index (κ3) is 2.62. The van der Waals surface area contributed by atoms with Crippen LogP contribution in [0.15, 0.2) is 0 Å². The molecule has 3 heteroatoms. The summed E-state index contributed by atoms with van der Waals surface area (Å²) in [5.74, 6) is 0.514. The third-order valence-corrected chi connectivity index (χ3v) is 5.07. The van der Waals surface area contributed by atoms with Crippen LogP contribution in [0.5, 0.6) is 0 Å². The second-order valence-electron chi connectivity index (χ2n) is 6.26. The van der Waals surface area contributed by atoms with Crippen LogP contribution in [0.25, 0.3) is 0 Å². The van der Waals surface area contributed by atoms with Gasteiger partial charge in [-0.2, -0.15) is 0 Å². The van der Waals surface area contributed by atoms with Crippen molar-refractivity contribution >= 4 is 5.78 Å². The number of hydrogen-bond acceptors (Lipinski definition) is 3. The summed E-state index contributed by atoms with van der Waals surface area (Å²) in [4.78, 5) is 17.2. The van der Waals surface area contributed by atoms with E-state index < -0.39 is 0 Å². The van der Waals surface area contributed by atoms with Crippen molar-refractivity contribution in [2.75, 3.05) is 26.2 Å². The molecule has 1 saturated carbocycles. The highest BCUT2D eigenvalue weighted by molar-refractivity contribution is 5.84. The summed E-state index contributed by atoms with van der Waals surface area (Å²) in [6.07, 6.45) is 9.76. The van der Waals surface area contributed by atoms with Crippen LogP contribution in [0.1, 0.15) is 51.4 Å². The zero-order valence-electron chi connectivity index (χ0n) is 11.4. The maximum absolute atomic E-state index is 12.0. The van der Waals surface area contributed by atoms with Gasteiger partial charge in [-0.3, -0.25) is 14.6 Å². The largest absolute Gasteiger partial charge is 0.299 e. The van der Waals surface area contributed by atoms with E-state index in [2.05, 4.69) is 9.80 Å². The molecular weight excluding hydrogens is 224 g/mol. The minimum absolute atomic E-state index is 0.272. The highest BCUT2D eigenvalue weighted by Gasteiger charge is 2.35. The van der Waals surface area contributed by atoms with Crippen LogP contribution < -0.4 is 0 Å². The van der Waals surface area contributed by atoms with Gasteiger partial charge in [0, 0.05) is 25.6 Å². The van der Waals surface area contributed by atoms with Crippen LogP contribution in [0, 0.1) is 0 Å². The number of nitrogens with zero attached hydrogens (tertiary/aromatic N) is 2. The lowest BCUT2D eigenvalue weighted by Gasteiger charge is -2.34. The van der Waals surface area contributed by atoms with Gasteiger partial charge >= 0.3 is 0 Å². The van der Waals surface area contributed by atoms with E-state index in [1.54, 1.807) is 0 Å². The average Bonchev–Trinajstić information content (AvgIpc) is 2.90. The molecule has 0 aromatic heterocycles. The van der Waals surface area contributed by atoms with Crippen molar-refractivity contribution in [2.24, 2.45) is 0 Å². The van der Waals surface area contributed by atoms with Crippen molar-refractivity contribution in [3.05, 3.63) is 0 Å². The van der Waals surface area contributed by atoms with Crippen LogP contribution in [0.2, 0.25) is 0 Å². The first-order valence-electron chi connectivity index (χ1n) is 7.85. The first-order valence-corrected chi connectivity index (χ1v) is 7.85. The van der Waals surface area contributed by atoms with Crippen LogP contribution in [0.4, 0.5) is 0 Å². The summed E-state index contributed by atoms with van der Waals surface area (Å²) < 4.78 is 0. The standard InChI is InChI=1S/C15H26N2O/c18-15-7-3-2-6-14(15)17-11-8-13(12-17)16-9-4-1-5-10-16/h13-14H,1-12H2. The summed E-state index contributed by atoms with van der Waals surface area (Å²) >= 11 is 0. The summed E-state index contributed by atoms with van der Waals surface area (Å²) in [6.45, 7) is 4.88. The first kappa shape index (κ1) is 12.6. The maximum Gasteiger partial charge on any atom is 0.149 e. The van der Waals surface area contributed by atoms with E-state index in [1.807, 2.05) is 0 Å². The monoisotopic (exact) mass is 250 g/mol. The van der Waals surface area contributed by atoms with E-state index >= 15 is 0 Å². The van der Waals surface area contributed by atoms with E-state index in [0.29, 0.717) is 5.78 Å². The van der Waals surface area contributed by atoms with E-state index in [0.717, 1.165) is 38.4 Å². The predicted molar refractivity (Wildman–Crippen MR) is 72.7 cm³/mol. The molecule has 18 heavy (non-hydrogen) atoms. The smallest absolute Gasteiger partial charge is 0.149 e. The molecule has 2 unspecified atom stereocenters. The molecule has 2 saturated heterocycles. The molecule has 3 fully saturated rings. The quantitative estimate of drug-likeness (QED) is 0.749. The number of rotatable bonds is 2. The lowest BCUT2D eigenvalue weighted by atomic mass is 9.93. The Hall–Kier alpha value is -0.410. The van der Waals surface area contributed by atoms with Crippen molar-refractivity contribution in [1.82, 2.24) is 9.80 Å². The van der Waals surface area contributed by atoms with Gasteiger partial charge in [-0.25, -0.2) is 0 Å². The number of carbonyl (C=O) groups is 1. The Morgan fingerprint density at radius 2 is 1.67 bits per heavy atom. The number of hydrogen-bond donors (Lipinski definition) is 0. The number of Topliss-reactive ketones (excluding diaryl/α,β-unsaturated/α-hetero) is 1. The Bertz CT molecular complexity index is 299. The van der Waals surface area contributed by atoms with Gasteiger partial charge in [-0.15, -0.1) is 0 Å². The van der Waals surface area contributed by atoms with Gasteiger partial charge in [-0.1, -0.05) is 12.8 Å². The summed E-state index contributed by atoms with van der Waals surface area (Å²) in [7, 11) is 0. The Kier molecular flexibility index (Phi) is 4.00. The normalized spacial score (nSPS) is 36.1. The van der Waals surface area contributed by atoms with Crippen LogP contribution >= 0.6 is 0 Å². The lowest BCUT2D eigenvalue weighted by Crippen LogP contribution is -2.45. The van der Waals surface area contributed by atoms with Gasteiger partial charge in [0.15, 0.2) is 0 Å². The molecule has 0 N–H and O–H groups in total. The van der Waals surface area contributed by atoms with Crippen molar-refractivity contribution < 1.29 is 4.79 Å². The Labute approximate surface area is 111 Å². The van der Waals surface area contributed by atoms with Gasteiger partial charge in [0.25, 0.3) is 0 Å². The fourth-order valence-electron chi connectivity index (χ4n) is 3.98. The van der Waals surface area contributed by atoms with Crippen LogP contribution in [0.3, 0.4) is 0 Å². The molecule has 2 atom stereocenters. The summed E-state index contributed by atoms with van der Waals surface area (Å²) in [6, 6.07) is 1.01. The minimum atomic E-state index is 0.272. The zero-order chi connectivity index (χ0) is 12.4. The SMILES string of the molecule is O=C1CCCCC1N1CCC(N2CCCCC2)C1. The average molecular weight is 250 g/mol. The van der Waals surface area contributed by atoms with Crippen LogP contribution in [-0.2, 0) is 4.79 Å². The molecule has 3 rings (SSSR count). The molecule has 3 nitrogen and oxygen atoms in total. The molecule has 0 radical (unpaired) electrons. The van der Waals surface area contributed by atoms with Gasteiger partial charge < -0.3 is 0 Å². The Morgan fingerprint density at radius 3 is 2.44 bits per heavy atom. The van der Waals surface area contributed by atoms with Gasteiger partial charge in [0.1, 0.15) is 5.78 Å². The fourth-order valence-corrected chi connectivity index (χ4v) is 3.98. The molecule has 3 aliphatic rings. The van der Waals surface area contributed by atoms with E-state index in [9.17, 15) is 4.79 Å². The predicted octanol–water partition coefficient (Wildman–Crippen LogP) is 2.06. The fraction of sp³-hybridized carbons (Fsp3) is 0.933. The second-order valence-corrected chi connectivity index (χ2v) is 6.26. The molecule has 0 spiro atoms. The number of piperidine rings is 1. The summed E-state index contributed by atoms with van der Waals surface area (Å²) in [5.41, 5.74) is 0. The van der Waals surface area contributed by atoms with Crippen molar-refractivity contribution in [3.63, 3.8) is 0 Å². The maximum atomic E-state index is 12.0. The number of carbonyl (C=O) groups excluding carboxylic acids is 1. The minimum Gasteiger partial charge on any atom is -0.299 e. The molecular formula is C15H26N2O. The second kappa shape index (κ2) is 5.70. The molecule has 102 valence electrons. The molecule has 0 amide bonds. The molecule has 1 aliphatic carbocycles. The van der Waals surface area contributed by atoms with E-state index in [1.165, 1.54) is 45.2 Å². The van der Waals surface area contributed by atoms with Crippen molar-refractivity contribution in [2.45, 2.75) is 63.5 Å². The highest BCUT2D eigenvalue weighted by Crippen LogP contribution is 2.26. The topological polar surface area (TPSA) is 23.6 Å². The zero-order valence-corrected chi connectivity index (χ0v) is 11.4. The van der Waals surface area contributed by atoms with E-state index in [4.69, 9.17) is 0 Å². The van der Waals surface area contributed by atoms with Gasteiger partial charge in [0.2, 0.25) is 0 Å². The number of likely N-dealkylation sites (tertiary alicyclic amines) is 2. The Morgan fingerprint density at radius 1 is 0.833 bits per heavy atom. The first-order chi connectivity index (χ1) is 8.84. The van der Waals surface area contributed by atoms with Crippen LogP contribution in [-0.4, -0.2) is 53.8 Å². The molecule has 0 aromatic rings. The molecule has 0 bridgehead atoms. The summed E-state index contributed by atoms with van der Waals surface area (Å²) in [5, 5.41) is 0. The van der Waals surface area contributed by atoms with Gasteiger partial charge in [-0.05, 0) is 45.2 Å². The van der Waals surface area contributed by atoms with Gasteiger partial charge in [0.05, 0.1) is 6.04 Å². The number of ketones is 1. The highest BCUT2D eigenvalue weighted by atomic mass is 16.1. The van der Waals surface area contributed by atoms with Crippen molar-refractivity contribution in [3.8, 4) is 0 Å². The van der Waals surface area contributed by atoms with Crippen molar-refractivity contribution in [1.29, 1.82) is 0 Å². The molecule has 2 heterocycles. The molecule has 0 aromatic carbocycles. The molecule has 2 aliphatic heterocycles. The third-order valence-electron chi connectivity index (χ3n) is 5.07. The Balaban J connectivity index is 1.55. The lowest BCUT2D eigenvalue weighted by molar-refractivity contribution is -0.125.